The lowest BCUT2D eigenvalue weighted by molar-refractivity contribution is -0.120. The molecule has 1 saturated heterocycles. The molecule has 9 heteroatoms. The number of benzene rings is 3. The number of thioether (sulfide) groups is 1. The minimum Gasteiger partial charge on any atom is -0.302 e. The number of aromatic nitrogens is 1. The highest BCUT2D eigenvalue weighted by Crippen LogP contribution is 2.32. The maximum atomic E-state index is 13.0. The first-order valence-electron chi connectivity index (χ1n) is 11.3. The number of hydrogen-bond acceptors (Lipinski definition) is 6. The van der Waals surface area contributed by atoms with Gasteiger partial charge >= 0.3 is 0 Å². The third-order valence-corrected chi connectivity index (χ3v) is 9.74. The number of hydrogen-bond donors (Lipinski definition) is 1. The highest BCUT2D eigenvalue weighted by Gasteiger charge is 2.32. The number of nitrogens with zero attached hydrogens (tertiary/aromatic N) is 2. The van der Waals surface area contributed by atoms with Crippen molar-refractivity contribution in [2.45, 2.75) is 22.6 Å². The lowest BCUT2D eigenvalue weighted by Gasteiger charge is -2.30. The third kappa shape index (κ3) is 4.99. The van der Waals surface area contributed by atoms with E-state index < -0.39 is 10.0 Å². The lowest BCUT2D eigenvalue weighted by atomic mass is 9.97. The molecule has 0 aliphatic carbocycles. The van der Waals surface area contributed by atoms with E-state index >= 15 is 0 Å². The van der Waals surface area contributed by atoms with Crippen LogP contribution in [0.4, 0.5) is 5.13 Å². The summed E-state index contributed by atoms with van der Waals surface area (Å²) in [5.74, 6) is -0.351. The summed E-state index contributed by atoms with van der Waals surface area (Å²) in [6, 6.07) is 21.2. The van der Waals surface area contributed by atoms with Crippen molar-refractivity contribution >= 4 is 54.9 Å². The lowest BCUT2D eigenvalue weighted by Crippen LogP contribution is -2.41. The zero-order valence-electron chi connectivity index (χ0n) is 19.2. The molecule has 6 nitrogen and oxygen atoms in total. The average Bonchev–Trinajstić information content (AvgIpc) is 3.36. The maximum Gasteiger partial charge on any atom is 0.243 e. The van der Waals surface area contributed by atoms with Gasteiger partial charge < -0.3 is 5.32 Å². The first kappa shape index (κ1) is 24.0. The molecule has 0 saturated carbocycles. The van der Waals surface area contributed by atoms with Crippen LogP contribution in [-0.2, 0) is 14.8 Å². The van der Waals surface area contributed by atoms with Crippen LogP contribution in [0.3, 0.4) is 0 Å². The van der Waals surface area contributed by atoms with Crippen molar-refractivity contribution in [3.8, 4) is 11.3 Å². The number of fused-ring (bicyclic) bond motifs is 1. The van der Waals surface area contributed by atoms with Gasteiger partial charge in [-0.3, -0.25) is 4.79 Å². The van der Waals surface area contributed by atoms with Crippen molar-refractivity contribution in [1.82, 2.24) is 9.29 Å². The summed E-state index contributed by atoms with van der Waals surface area (Å²) in [6.45, 7) is 0.646. The van der Waals surface area contributed by atoms with E-state index in [-0.39, 0.29) is 11.8 Å². The van der Waals surface area contributed by atoms with Gasteiger partial charge in [0.05, 0.1) is 10.6 Å². The van der Waals surface area contributed by atoms with E-state index in [0.29, 0.717) is 36.0 Å². The molecule has 3 aromatic carbocycles. The van der Waals surface area contributed by atoms with E-state index in [2.05, 4.69) is 28.5 Å². The fourth-order valence-corrected chi connectivity index (χ4v) is 6.96. The molecule has 4 aromatic rings. The number of nitrogens with one attached hydrogen (secondary N) is 1. The van der Waals surface area contributed by atoms with E-state index in [4.69, 9.17) is 0 Å². The van der Waals surface area contributed by atoms with Gasteiger partial charge in [0.1, 0.15) is 0 Å². The Morgan fingerprint density at radius 3 is 2.49 bits per heavy atom. The molecule has 0 radical (unpaired) electrons. The summed E-state index contributed by atoms with van der Waals surface area (Å²) >= 11 is 2.97. The molecular weight excluding hydrogens is 499 g/mol. The standard InChI is InChI=1S/C26H25N3O3S3/c1-33-20-9-11-21(12-10-20)35(31,32)29-15-13-19(14-16-29)25(30)28-26-27-24(17-34-26)23-8-4-6-18-5-2-3-7-22(18)23/h2-12,17,19H,13-16H2,1H3,(H,27,28,30). The van der Waals surface area contributed by atoms with Crippen LogP contribution >= 0.6 is 23.1 Å². The largest absolute Gasteiger partial charge is 0.302 e. The number of piperidine rings is 1. The number of sulfonamides is 1. The summed E-state index contributed by atoms with van der Waals surface area (Å²) in [5.41, 5.74) is 1.86. The van der Waals surface area contributed by atoms with Gasteiger partial charge in [0.2, 0.25) is 15.9 Å². The molecule has 0 bridgehead atoms. The molecule has 1 fully saturated rings. The predicted octanol–water partition coefficient (Wildman–Crippen LogP) is 5.72. The van der Waals surface area contributed by atoms with Crippen LogP contribution in [0.2, 0.25) is 0 Å². The molecule has 0 atom stereocenters. The van der Waals surface area contributed by atoms with Gasteiger partial charge in [0, 0.05) is 34.8 Å². The van der Waals surface area contributed by atoms with Crippen LogP contribution < -0.4 is 5.32 Å². The summed E-state index contributed by atoms with van der Waals surface area (Å²) in [7, 11) is -3.56. The van der Waals surface area contributed by atoms with Gasteiger partial charge in [0.25, 0.3) is 0 Å². The van der Waals surface area contributed by atoms with Crippen molar-refractivity contribution in [3.05, 3.63) is 72.1 Å². The summed E-state index contributed by atoms with van der Waals surface area (Å²) in [5, 5.41) is 7.72. The molecule has 1 aromatic heterocycles. The van der Waals surface area contributed by atoms with E-state index in [9.17, 15) is 13.2 Å². The van der Waals surface area contributed by atoms with Crippen molar-refractivity contribution in [2.75, 3.05) is 24.7 Å². The Balaban J connectivity index is 1.22. The number of thiazole rings is 1. The second kappa shape index (κ2) is 10.1. The van der Waals surface area contributed by atoms with Crippen LogP contribution in [0.15, 0.2) is 81.9 Å². The molecule has 1 aliphatic heterocycles. The normalized spacial score (nSPS) is 15.3. The maximum absolute atomic E-state index is 13.0. The molecule has 35 heavy (non-hydrogen) atoms. The van der Waals surface area contributed by atoms with Crippen molar-refractivity contribution in [3.63, 3.8) is 0 Å². The number of anilines is 1. The quantitative estimate of drug-likeness (QED) is 0.327. The number of carbonyl (C=O) groups is 1. The molecule has 1 N–H and O–H groups in total. The van der Waals surface area contributed by atoms with E-state index in [0.717, 1.165) is 26.9 Å². The van der Waals surface area contributed by atoms with E-state index in [1.807, 2.05) is 48.0 Å². The second-order valence-electron chi connectivity index (χ2n) is 8.41. The van der Waals surface area contributed by atoms with Gasteiger partial charge in [-0.05, 0) is 54.1 Å². The van der Waals surface area contributed by atoms with Crippen LogP contribution in [-0.4, -0.2) is 43.0 Å². The SMILES string of the molecule is CSc1ccc(S(=O)(=O)N2CCC(C(=O)Nc3nc(-c4cccc5ccccc45)cs3)CC2)cc1. The third-order valence-electron chi connectivity index (χ3n) is 6.32. The van der Waals surface area contributed by atoms with Crippen LogP contribution in [0.1, 0.15) is 12.8 Å². The Bertz CT molecular complexity index is 1450. The monoisotopic (exact) mass is 523 g/mol. The number of carbonyl (C=O) groups excluding carboxylic acids is 1. The van der Waals surface area contributed by atoms with Crippen LogP contribution in [0.5, 0.6) is 0 Å². The highest BCUT2D eigenvalue weighted by molar-refractivity contribution is 7.98. The Hall–Kier alpha value is -2.72. The molecule has 1 aliphatic rings. The van der Waals surface area contributed by atoms with E-state index in [1.54, 1.807) is 23.9 Å². The zero-order valence-corrected chi connectivity index (χ0v) is 21.6. The number of amides is 1. The van der Waals surface area contributed by atoms with Gasteiger partial charge in [-0.15, -0.1) is 23.1 Å². The molecule has 2 heterocycles. The average molecular weight is 524 g/mol. The Morgan fingerprint density at radius 2 is 1.74 bits per heavy atom. The predicted molar refractivity (Wildman–Crippen MR) is 143 cm³/mol. The summed E-state index contributed by atoms with van der Waals surface area (Å²) < 4.78 is 27.5. The molecule has 1 amide bonds. The first-order chi connectivity index (χ1) is 17.0. The fourth-order valence-electron chi connectivity index (χ4n) is 4.37. The van der Waals surface area contributed by atoms with Crippen LogP contribution in [0, 0.1) is 5.92 Å². The Morgan fingerprint density at radius 1 is 1.03 bits per heavy atom. The van der Waals surface area contributed by atoms with Crippen molar-refractivity contribution in [2.24, 2.45) is 5.92 Å². The zero-order chi connectivity index (χ0) is 24.4. The van der Waals surface area contributed by atoms with Crippen LogP contribution in [0.25, 0.3) is 22.0 Å². The molecule has 5 rings (SSSR count). The Kier molecular flexibility index (Phi) is 6.93. The van der Waals surface area contributed by atoms with E-state index in [1.165, 1.54) is 15.6 Å². The van der Waals surface area contributed by atoms with Gasteiger partial charge in [-0.25, -0.2) is 13.4 Å². The van der Waals surface area contributed by atoms with Gasteiger partial charge in [-0.1, -0.05) is 42.5 Å². The minimum absolute atomic E-state index is 0.106. The van der Waals surface area contributed by atoms with Crippen molar-refractivity contribution in [1.29, 1.82) is 0 Å². The van der Waals surface area contributed by atoms with Gasteiger partial charge in [0.15, 0.2) is 5.13 Å². The van der Waals surface area contributed by atoms with Gasteiger partial charge in [-0.2, -0.15) is 4.31 Å². The summed E-state index contributed by atoms with van der Waals surface area (Å²) in [4.78, 5) is 18.9. The Labute approximate surface area is 213 Å². The summed E-state index contributed by atoms with van der Waals surface area (Å²) in [6.07, 6.45) is 2.92. The van der Waals surface area contributed by atoms with Crippen molar-refractivity contribution < 1.29 is 13.2 Å². The smallest absolute Gasteiger partial charge is 0.243 e. The minimum atomic E-state index is -3.56. The molecular formula is C26H25N3O3S3. The fraction of sp³-hybridized carbons (Fsp3) is 0.231. The highest BCUT2D eigenvalue weighted by atomic mass is 32.2. The molecule has 0 spiro atoms. The molecule has 0 unspecified atom stereocenters. The second-order valence-corrected chi connectivity index (χ2v) is 12.1. The first-order valence-corrected chi connectivity index (χ1v) is 14.9. The number of rotatable bonds is 6. The molecule has 180 valence electrons. The topological polar surface area (TPSA) is 79.4 Å².